The van der Waals surface area contributed by atoms with Crippen LogP contribution in [0.5, 0.6) is 0 Å². The monoisotopic (exact) mass is 182 g/mol. The van der Waals surface area contributed by atoms with Crippen LogP contribution in [0.15, 0.2) is 6.20 Å². The van der Waals surface area contributed by atoms with Crippen LogP contribution in [-0.2, 0) is 0 Å². The lowest BCUT2D eigenvalue weighted by Crippen LogP contribution is -2.23. The van der Waals surface area contributed by atoms with E-state index in [1.54, 1.807) is 6.20 Å². The molecule has 0 saturated carbocycles. The molecule has 1 rings (SSSR count). The van der Waals surface area contributed by atoms with Gasteiger partial charge in [-0.15, -0.1) is 0 Å². The number of aromatic amines is 1. The Balaban J connectivity index is 2.62. The van der Waals surface area contributed by atoms with Crippen molar-refractivity contribution in [2.24, 2.45) is 5.92 Å². The van der Waals surface area contributed by atoms with Gasteiger partial charge < -0.3 is 5.32 Å². The Labute approximate surface area is 79.1 Å². The maximum atomic E-state index is 4.09. The van der Waals surface area contributed by atoms with E-state index in [0.29, 0.717) is 12.0 Å². The van der Waals surface area contributed by atoms with Crippen LogP contribution in [0.3, 0.4) is 0 Å². The highest BCUT2D eigenvalue weighted by Crippen LogP contribution is 2.22. The Morgan fingerprint density at radius 3 is 2.85 bits per heavy atom. The molecule has 1 heterocycles. The summed E-state index contributed by atoms with van der Waals surface area (Å²) >= 11 is 0. The third kappa shape index (κ3) is 2.52. The molecule has 0 amide bonds. The van der Waals surface area contributed by atoms with Gasteiger partial charge in [-0.05, 0) is 19.4 Å². The standard InChI is InChI=1S/C9H18N4/c1-4-5-7(2)9(10-3)8-6-11-13-12-8/h6-7,9-10H,4-5H2,1-3H3,(H,11,12,13). The van der Waals surface area contributed by atoms with Gasteiger partial charge in [0.15, 0.2) is 0 Å². The molecule has 74 valence electrons. The van der Waals surface area contributed by atoms with Gasteiger partial charge in [0.2, 0.25) is 0 Å². The highest BCUT2D eigenvalue weighted by Gasteiger charge is 2.18. The van der Waals surface area contributed by atoms with Gasteiger partial charge in [0, 0.05) is 0 Å². The van der Waals surface area contributed by atoms with Gasteiger partial charge in [-0.3, -0.25) is 0 Å². The summed E-state index contributed by atoms with van der Waals surface area (Å²) in [5.74, 6) is 0.597. The van der Waals surface area contributed by atoms with Crippen molar-refractivity contribution in [2.75, 3.05) is 7.05 Å². The van der Waals surface area contributed by atoms with Gasteiger partial charge in [-0.2, -0.15) is 15.4 Å². The lowest BCUT2D eigenvalue weighted by atomic mass is 9.95. The third-order valence-electron chi connectivity index (χ3n) is 2.38. The zero-order chi connectivity index (χ0) is 9.68. The van der Waals surface area contributed by atoms with E-state index in [-0.39, 0.29) is 0 Å². The zero-order valence-corrected chi connectivity index (χ0v) is 8.54. The summed E-state index contributed by atoms with van der Waals surface area (Å²) in [4.78, 5) is 0. The molecule has 13 heavy (non-hydrogen) atoms. The number of H-pyrrole nitrogens is 1. The summed E-state index contributed by atoms with van der Waals surface area (Å²) in [7, 11) is 1.96. The van der Waals surface area contributed by atoms with Crippen molar-refractivity contribution < 1.29 is 0 Å². The van der Waals surface area contributed by atoms with Crippen LogP contribution in [0.25, 0.3) is 0 Å². The average molecular weight is 182 g/mol. The molecule has 1 aromatic rings. The maximum absolute atomic E-state index is 4.09. The molecule has 2 N–H and O–H groups in total. The first-order valence-corrected chi connectivity index (χ1v) is 4.82. The molecular formula is C9H18N4. The number of hydrogen-bond donors (Lipinski definition) is 2. The van der Waals surface area contributed by atoms with E-state index in [9.17, 15) is 0 Å². The largest absolute Gasteiger partial charge is 0.311 e. The molecule has 0 aliphatic heterocycles. The van der Waals surface area contributed by atoms with E-state index in [1.165, 1.54) is 12.8 Å². The highest BCUT2D eigenvalue weighted by atomic mass is 15.3. The molecule has 0 aliphatic rings. The minimum atomic E-state index is 0.318. The maximum Gasteiger partial charge on any atom is 0.0996 e. The smallest absolute Gasteiger partial charge is 0.0996 e. The van der Waals surface area contributed by atoms with Crippen LogP contribution in [0.4, 0.5) is 0 Å². The number of nitrogens with one attached hydrogen (secondary N) is 2. The number of hydrogen-bond acceptors (Lipinski definition) is 3. The van der Waals surface area contributed by atoms with E-state index in [4.69, 9.17) is 0 Å². The molecule has 0 fully saturated rings. The molecule has 0 bridgehead atoms. The summed E-state index contributed by atoms with van der Waals surface area (Å²) < 4.78 is 0. The first kappa shape index (κ1) is 10.2. The summed E-state index contributed by atoms with van der Waals surface area (Å²) in [6.45, 7) is 4.44. The normalized spacial score (nSPS) is 15.6. The van der Waals surface area contributed by atoms with Crippen LogP contribution in [0, 0.1) is 5.92 Å². The van der Waals surface area contributed by atoms with Gasteiger partial charge in [0.25, 0.3) is 0 Å². The zero-order valence-electron chi connectivity index (χ0n) is 8.54. The first-order valence-electron chi connectivity index (χ1n) is 4.82. The van der Waals surface area contributed by atoms with Crippen molar-refractivity contribution in [1.29, 1.82) is 0 Å². The van der Waals surface area contributed by atoms with Crippen molar-refractivity contribution >= 4 is 0 Å². The van der Waals surface area contributed by atoms with Crippen LogP contribution in [-0.4, -0.2) is 22.5 Å². The molecule has 0 saturated heterocycles. The second-order valence-corrected chi connectivity index (χ2v) is 3.43. The van der Waals surface area contributed by atoms with Gasteiger partial charge in [-0.1, -0.05) is 20.3 Å². The summed E-state index contributed by atoms with van der Waals surface area (Å²) in [6.07, 6.45) is 4.20. The first-order chi connectivity index (χ1) is 6.29. The Morgan fingerprint density at radius 1 is 1.62 bits per heavy atom. The van der Waals surface area contributed by atoms with Crippen molar-refractivity contribution in [3.63, 3.8) is 0 Å². The molecule has 0 aromatic carbocycles. The van der Waals surface area contributed by atoms with Crippen LogP contribution in [0.2, 0.25) is 0 Å². The van der Waals surface area contributed by atoms with E-state index in [2.05, 4.69) is 34.6 Å². The minimum absolute atomic E-state index is 0.318. The molecule has 2 unspecified atom stereocenters. The fourth-order valence-electron chi connectivity index (χ4n) is 1.71. The number of aromatic nitrogens is 3. The molecule has 0 aliphatic carbocycles. The Bertz CT molecular complexity index is 220. The van der Waals surface area contributed by atoms with E-state index in [0.717, 1.165) is 5.69 Å². The predicted octanol–water partition coefficient (Wildman–Crippen LogP) is 1.50. The highest BCUT2D eigenvalue weighted by molar-refractivity contribution is 5.00. The lowest BCUT2D eigenvalue weighted by Gasteiger charge is -2.20. The van der Waals surface area contributed by atoms with Gasteiger partial charge in [-0.25, -0.2) is 0 Å². The lowest BCUT2D eigenvalue weighted by molar-refractivity contribution is 0.376. The van der Waals surface area contributed by atoms with E-state index >= 15 is 0 Å². The number of rotatable bonds is 5. The molecule has 0 radical (unpaired) electrons. The summed E-state index contributed by atoms with van der Waals surface area (Å²) in [5, 5.41) is 13.8. The molecule has 4 heteroatoms. The quantitative estimate of drug-likeness (QED) is 0.725. The fraction of sp³-hybridized carbons (Fsp3) is 0.778. The second kappa shape index (κ2) is 4.97. The van der Waals surface area contributed by atoms with Gasteiger partial charge >= 0.3 is 0 Å². The van der Waals surface area contributed by atoms with Gasteiger partial charge in [0.1, 0.15) is 0 Å². The third-order valence-corrected chi connectivity index (χ3v) is 2.38. The molecular weight excluding hydrogens is 164 g/mol. The molecule has 2 atom stereocenters. The summed E-state index contributed by atoms with van der Waals surface area (Å²) in [5.41, 5.74) is 1.00. The molecule has 1 aromatic heterocycles. The van der Waals surface area contributed by atoms with E-state index in [1.807, 2.05) is 7.05 Å². The number of nitrogens with zero attached hydrogens (tertiary/aromatic N) is 2. The topological polar surface area (TPSA) is 53.6 Å². The Morgan fingerprint density at radius 2 is 2.38 bits per heavy atom. The fourth-order valence-corrected chi connectivity index (χ4v) is 1.71. The van der Waals surface area contributed by atoms with Crippen LogP contribution in [0.1, 0.15) is 38.4 Å². The van der Waals surface area contributed by atoms with Crippen LogP contribution >= 0.6 is 0 Å². The molecule has 4 nitrogen and oxygen atoms in total. The van der Waals surface area contributed by atoms with E-state index < -0.39 is 0 Å². The summed E-state index contributed by atoms with van der Waals surface area (Å²) in [6, 6.07) is 0.318. The Hall–Kier alpha value is -0.900. The minimum Gasteiger partial charge on any atom is -0.311 e. The molecule has 0 spiro atoms. The SMILES string of the molecule is CCCC(C)C(NC)c1cn[nH]n1. The van der Waals surface area contributed by atoms with Crippen molar-refractivity contribution in [2.45, 2.75) is 32.7 Å². The average Bonchev–Trinajstić information content (AvgIpc) is 2.59. The van der Waals surface area contributed by atoms with Crippen molar-refractivity contribution in [1.82, 2.24) is 20.7 Å². The second-order valence-electron chi connectivity index (χ2n) is 3.43. The Kier molecular flexibility index (Phi) is 3.89. The van der Waals surface area contributed by atoms with Gasteiger partial charge in [0.05, 0.1) is 17.9 Å². The van der Waals surface area contributed by atoms with Crippen LogP contribution < -0.4 is 5.32 Å². The predicted molar refractivity (Wildman–Crippen MR) is 52.3 cm³/mol. The van der Waals surface area contributed by atoms with Crippen molar-refractivity contribution in [3.8, 4) is 0 Å². The van der Waals surface area contributed by atoms with Crippen molar-refractivity contribution in [3.05, 3.63) is 11.9 Å².